The van der Waals surface area contributed by atoms with Gasteiger partial charge in [-0.1, -0.05) is 6.07 Å². The summed E-state index contributed by atoms with van der Waals surface area (Å²) in [6.07, 6.45) is -3.69. The molecule has 1 aromatic carbocycles. The van der Waals surface area contributed by atoms with Crippen LogP contribution in [0.4, 0.5) is 13.2 Å². The minimum atomic E-state index is -4.40. The molecule has 0 unspecified atom stereocenters. The molecule has 27 heavy (non-hydrogen) atoms. The maximum atomic E-state index is 12.9. The Labute approximate surface area is 156 Å². The van der Waals surface area contributed by atoms with Gasteiger partial charge in [-0.2, -0.15) is 13.2 Å². The Morgan fingerprint density at radius 3 is 2.78 bits per heavy atom. The van der Waals surface area contributed by atoms with Crippen LogP contribution >= 0.6 is 0 Å². The monoisotopic (exact) mass is 383 g/mol. The molecule has 1 saturated heterocycles. The number of hydrogen-bond acceptors (Lipinski definition) is 5. The minimum Gasteiger partial charge on any atom is -0.441 e. The highest BCUT2D eigenvalue weighted by molar-refractivity contribution is 5.55. The van der Waals surface area contributed by atoms with E-state index in [4.69, 9.17) is 4.42 Å². The molecule has 0 spiro atoms. The first-order valence-electron chi connectivity index (χ1n) is 8.95. The first-order valence-corrected chi connectivity index (χ1v) is 8.95. The van der Waals surface area contributed by atoms with Gasteiger partial charge in [-0.3, -0.25) is 4.90 Å². The van der Waals surface area contributed by atoms with Gasteiger partial charge >= 0.3 is 6.18 Å². The van der Waals surface area contributed by atoms with Crippen molar-refractivity contribution in [1.82, 2.24) is 14.8 Å². The van der Waals surface area contributed by atoms with Gasteiger partial charge in [0.2, 0.25) is 5.89 Å². The second-order valence-electron chi connectivity index (χ2n) is 6.98. The van der Waals surface area contributed by atoms with Crippen molar-refractivity contribution in [3.8, 4) is 11.5 Å². The van der Waals surface area contributed by atoms with Gasteiger partial charge in [-0.05, 0) is 38.6 Å². The third-order valence-electron chi connectivity index (χ3n) is 5.03. The van der Waals surface area contributed by atoms with E-state index in [1.165, 1.54) is 6.07 Å². The quantitative estimate of drug-likeness (QED) is 0.860. The Bertz CT molecular complexity index is 776. The molecule has 1 atom stereocenters. The molecule has 5 nitrogen and oxygen atoms in total. The Morgan fingerprint density at radius 2 is 2.07 bits per heavy atom. The van der Waals surface area contributed by atoms with Crippen LogP contribution < -0.4 is 0 Å². The van der Waals surface area contributed by atoms with Crippen LogP contribution in [0.25, 0.3) is 11.5 Å². The molecule has 0 radical (unpaired) electrons. The van der Waals surface area contributed by atoms with Gasteiger partial charge in [-0.15, -0.1) is 0 Å². The summed E-state index contributed by atoms with van der Waals surface area (Å²) in [5, 5.41) is 9.21. The van der Waals surface area contributed by atoms with Crippen molar-refractivity contribution in [2.24, 2.45) is 0 Å². The van der Waals surface area contributed by atoms with Gasteiger partial charge in [0.25, 0.3) is 0 Å². The number of aliphatic hydroxyl groups excluding tert-OH is 1. The topological polar surface area (TPSA) is 52.7 Å². The Morgan fingerprint density at radius 1 is 1.30 bits per heavy atom. The molecule has 8 heteroatoms. The molecule has 1 aliphatic heterocycles. The predicted octanol–water partition coefficient (Wildman–Crippen LogP) is 3.17. The molecule has 0 aliphatic carbocycles. The van der Waals surface area contributed by atoms with E-state index < -0.39 is 11.7 Å². The highest BCUT2D eigenvalue weighted by Gasteiger charge is 2.31. The lowest BCUT2D eigenvalue weighted by Crippen LogP contribution is -2.51. The summed E-state index contributed by atoms with van der Waals surface area (Å²) in [6.45, 7) is 5.06. The van der Waals surface area contributed by atoms with Crippen molar-refractivity contribution in [2.75, 3.05) is 33.3 Å². The van der Waals surface area contributed by atoms with E-state index in [9.17, 15) is 18.3 Å². The second-order valence-corrected chi connectivity index (χ2v) is 6.98. The van der Waals surface area contributed by atoms with Crippen molar-refractivity contribution < 1.29 is 22.7 Å². The van der Waals surface area contributed by atoms with Crippen LogP contribution in [0.2, 0.25) is 0 Å². The largest absolute Gasteiger partial charge is 0.441 e. The second kappa shape index (κ2) is 8.00. The van der Waals surface area contributed by atoms with Gasteiger partial charge in [0.1, 0.15) is 5.76 Å². The molecule has 0 amide bonds. The van der Waals surface area contributed by atoms with Crippen LogP contribution in [0.5, 0.6) is 0 Å². The van der Waals surface area contributed by atoms with Gasteiger partial charge < -0.3 is 14.4 Å². The molecule has 1 aliphatic rings. The number of hydrogen-bond donors (Lipinski definition) is 1. The van der Waals surface area contributed by atoms with E-state index in [1.54, 1.807) is 13.0 Å². The molecule has 0 saturated carbocycles. The average molecular weight is 383 g/mol. The molecule has 2 heterocycles. The maximum Gasteiger partial charge on any atom is 0.416 e. The van der Waals surface area contributed by atoms with Gasteiger partial charge in [0.15, 0.2) is 0 Å². The fourth-order valence-electron chi connectivity index (χ4n) is 3.35. The number of aliphatic hydroxyl groups is 1. The summed E-state index contributed by atoms with van der Waals surface area (Å²) in [5.74, 6) is 0.815. The summed E-state index contributed by atoms with van der Waals surface area (Å²) < 4.78 is 44.4. The minimum absolute atomic E-state index is 0.144. The van der Waals surface area contributed by atoms with Crippen LogP contribution in [0.15, 0.2) is 28.7 Å². The third-order valence-corrected chi connectivity index (χ3v) is 5.03. The number of benzene rings is 1. The lowest BCUT2D eigenvalue weighted by Gasteiger charge is -2.39. The first-order chi connectivity index (χ1) is 12.8. The van der Waals surface area contributed by atoms with E-state index in [1.807, 2.05) is 7.05 Å². The smallest absolute Gasteiger partial charge is 0.416 e. The van der Waals surface area contributed by atoms with Crippen molar-refractivity contribution in [3.05, 3.63) is 41.3 Å². The SMILES string of the molecule is Cc1oc(-c2cccc(C(F)(F)F)c2)nc1CN1CCN(C)[C@@H](CCO)C1. The molecule has 0 bridgehead atoms. The third kappa shape index (κ3) is 4.69. The van der Waals surface area contributed by atoms with E-state index >= 15 is 0 Å². The lowest BCUT2D eigenvalue weighted by molar-refractivity contribution is -0.137. The number of oxazole rings is 1. The predicted molar refractivity (Wildman–Crippen MR) is 95.1 cm³/mol. The van der Waals surface area contributed by atoms with Gasteiger partial charge in [0, 0.05) is 44.4 Å². The fourth-order valence-corrected chi connectivity index (χ4v) is 3.35. The van der Waals surface area contributed by atoms with Crippen molar-refractivity contribution in [3.63, 3.8) is 0 Å². The Balaban J connectivity index is 1.75. The molecule has 3 rings (SSSR count). The lowest BCUT2D eigenvalue weighted by atomic mass is 10.1. The number of rotatable bonds is 5. The van der Waals surface area contributed by atoms with Crippen molar-refractivity contribution >= 4 is 0 Å². The summed E-state index contributed by atoms with van der Waals surface area (Å²) in [6, 6.07) is 5.29. The van der Waals surface area contributed by atoms with E-state index in [-0.39, 0.29) is 18.5 Å². The number of aryl methyl sites for hydroxylation is 1. The summed E-state index contributed by atoms with van der Waals surface area (Å²) >= 11 is 0. The normalized spacial score (nSPS) is 19.6. The number of aromatic nitrogens is 1. The number of alkyl halides is 3. The summed E-state index contributed by atoms with van der Waals surface area (Å²) in [5.41, 5.74) is 0.328. The Kier molecular flexibility index (Phi) is 5.88. The van der Waals surface area contributed by atoms with E-state index in [2.05, 4.69) is 14.8 Å². The molecule has 1 fully saturated rings. The molecule has 2 aromatic rings. The van der Waals surface area contributed by atoms with Gasteiger partial charge in [0.05, 0.1) is 11.3 Å². The van der Waals surface area contributed by atoms with Gasteiger partial charge in [-0.25, -0.2) is 4.98 Å². The standard InChI is InChI=1S/C19H24F3N3O2/c1-13-17(12-25-8-7-24(2)16(11-25)6-9-26)23-18(27-13)14-4-3-5-15(10-14)19(20,21)22/h3-5,10,16,26H,6-9,11-12H2,1-2H3/t16-/m0/s1. The average Bonchev–Trinajstić information content (AvgIpc) is 2.98. The molecule has 1 N–H and O–H groups in total. The molecular formula is C19H24F3N3O2. The van der Waals surface area contributed by atoms with Crippen LogP contribution in [-0.2, 0) is 12.7 Å². The molecular weight excluding hydrogens is 359 g/mol. The van der Waals surface area contributed by atoms with Crippen molar-refractivity contribution in [1.29, 1.82) is 0 Å². The van der Waals surface area contributed by atoms with Crippen LogP contribution in [0.3, 0.4) is 0 Å². The zero-order chi connectivity index (χ0) is 19.6. The summed E-state index contributed by atoms with van der Waals surface area (Å²) in [7, 11) is 2.05. The van der Waals surface area contributed by atoms with E-state index in [0.29, 0.717) is 24.3 Å². The highest BCUT2D eigenvalue weighted by atomic mass is 19.4. The molecule has 1 aromatic heterocycles. The number of likely N-dealkylation sites (N-methyl/N-ethyl adjacent to an activating group) is 1. The zero-order valence-corrected chi connectivity index (χ0v) is 15.5. The number of nitrogens with zero attached hydrogens (tertiary/aromatic N) is 3. The van der Waals surface area contributed by atoms with Crippen LogP contribution in [-0.4, -0.2) is 59.2 Å². The zero-order valence-electron chi connectivity index (χ0n) is 15.5. The number of halogens is 3. The fraction of sp³-hybridized carbons (Fsp3) is 0.526. The van der Waals surface area contributed by atoms with Crippen LogP contribution in [0, 0.1) is 6.92 Å². The maximum absolute atomic E-state index is 12.9. The molecule has 148 valence electrons. The summed E-state index contributed by atoms with van der Waals surface area (Å²) in [4.78, 5) is 8.92. The van der Waals surface area contributed by atoms with Crippen LogP contribution in [0.1, 0.15) is 23.4 Å². The van der Waals surface area contributed by atoms with Crippen molar-refractivity contribution in [2.45, 2.75) is 32.1 Å². The number of piperazine rings is 1. The Hall–Kier alpha value is -1.90. The highest BCUT2D eigenvalue weighted by Crippen LogP contribution is 2.32. The van der Waals surface area contributed by atoms with E-state index in [0.717, 1.165) is 37.5 Å². The first kappa shape index (κ1) is 19.9.